The number of anilines is 1. The van der Waals surface area contributed by atoms with Crippen LogP contribution in [0.3, 0.4) is 0 Å². The average molecular weight is 339 g/mol. The van der Waals surface area contributed by atoms with Crippen LogP contribution < -0.4 is 5.32 Å². The Kier molecular flexibility index (Phi) is 3.40. The van der Waals surface area contributed by atoms with Gasteiger partial charge in [-0.3, -0.25) is 14.6 Å². The van der Waals surface area contributed by atoms with E-state index in [-0.39, 0.29) is 12.1 Å². The summed E-state index contributed by atoms with van der Waals surface area (Å²) < 4.78 is 40.4. The lowest BCUT2D eigenvalue weighted by atomic mass is 10.2. The summed E-state index contributed by atoms with van der Waals surface area (Å²) in [6, 6.07) is 0. The van der Waals surface area contributed by atoms with Crippen LogP contribution in [0, 0.1) is 0 Å². The molecule has 4 rings (SSSR count). The van der Waals surface area contributed by atoms with Gasteiger partial charge in [-0.1, -0.05) is 0 Å². The van der Waals surface area contributed by atoms with Crippen molar-refractivity contribution in [1.82, 2.24) is 20.0 Å². The second kappa shape index (κ2) is 5.35. The van der Waals surface area contributed by atoms with Crippen molar-refractivity contribution < 1.29 is 18.0 Å². The Morgan fingerprint density at radius 1 is 1.38 bits per heavy atom. The van der Waals surface area contributed by atoms with Gasteiger partial charge in [-0.15, -0.1) is 0 Å². The van der Waals surface area contributed by atoms with Gasteiger partial charge in [0.15, 0.2) is 5.69 Å². The maximum absolute atomic E-state index is 13.1. The number of H-pyrrole nitrogens is 1. The van der Waals surface area contributed by atoms with Crippen LogP contribution in [0.4, 0.5) is 19.0 Å². The van der Waals surface area contributed by atoms with Crippen LogP contribution in [-0.4, -0.2) is 25.9 Å². The third-order valence-corrected chi connectivity index (χ3v) is 4.52. The van der Waals surface area contributed by atoms with Crippen molar-refractivity contribution in [3.05, 3.63) is 28.7 Å². The highest BCUT2D eigenvalue weighted by Gasteiger charge is 2.40. The van der Waals surface area contributed by atoms with Gasteiger partial charge in [-0.25, -0.2) is 0 Å². The third-order valence-electron chi connectivity index (χ3n) is 4.52. The molecule has 0 radical (unpaired) electrons. The Hall–Kier alpha value is -2.32. The summed E-state index contributed by atoms with van der Waals surface area (Å²) in [5, 5.41) is 13.0. The fourth-order valence-corrected chi connectivity index (χ4v) is 3.28. The Labute approximate surface area is 135 Å². The molecule has 0 aromatic carbocycles. The fraction of sp³-hybridized carbons (Fsp3) is 0.533. The van der Waals surface area contributed by atoms with Gasteiger partial charge in [0.2, 0.25) is 5.91 Å². The van der Waals surface area contributed by atoms with Crippen molar-refractivity contribution in [1.29, 1.82) is 0 Å². The van der Waals surface area contributed by atoms with E-state index in [1.165, 1.54) is 4.68 Å². The lowest BCUT2D eigenvalue weighted by molar-refractivity contribution is -0.142. The van der Waals surface area contributed by atoms with Crippen LogP contribution in [-0.2, 0) is 30.4 Å². The van der Waals surface area contributed by atoms with Crippen LogP contribution in [0.25, 0.3) is 0 Å². The third kappa shape index (κ3) is 2.67. The largest absolute Gasteiger partial charge is 0.435 e. The number of halogens is 3. The summed E-state index contributed by atoms with van der Waals surface area (Å²) in [6.45, 7) is -0.235. The minimum atomic E-state index is -4.49. The number of hydrogen-bond acceptors (Lipinski definition) is 3. The monoisotopic (exact) mass is 339 g/mol. The van der Waals surface area contributed by atoms with E-state index >= 15 is 0 Å². The van der Waals surface area contributed by atoms with E-state index in [0.29, 0.717) is 36.7 Å². The predicted octanol–water partition coefficient (Wildman–Crippen LogP) is 2.63. The van der Waals surface area contributed by atoms with Crippen molar-refractivity contribution in [3.8, 4) is 0 Å². The molecule has 2 aliphatic rings. The number of aromatic amines is 1. The molecule has 2 aromatic rings. The van der Waals surface area contributed by atoms with Gasteiger partial charge >= 0.3 is 6.18 Å². The minimum Gasteiger partial charge on any atom is -0.309 e. The zero-order valence-electron chi connectivity index (χ0n) is 12.8. The first-order valence-corrected chi connectivity index (χ1v) is 7.92. The van der Waals surface area contributed by atoms with Gasteiger partial charge < -0.3 is 5.32 Å². The van der Waals surface area contributed by atoms with Crippen LogP contribution in [0.1, 0.15) is 47.7 Å². The van der Waals surface area contributed by atoms with E-state index in [1.54, 1.807) is 6.20 Å². The predicted molar refractivity (Wildman–Crippen MR) is 78.4 cm³/mol. The van der Waals surface area contributed by atoms with Gasteiger partial charge in [0.25, 0.3) is 0 Å². The molecule has 0 spiro atoms. The molecule has 2 N–H and O–H groups in total. The van der Waals surface area contributed by atoms with E-state index < -0.39 is 17.8 Å². The molecule has 0 unspecified atom stereocenters. The minimum absolute atomic E-state index is 0.232. The smallest absolute Gasteiger partial charge is 0.309 e. The number of hydrogen-bond donors (Lipinski definition) is 2. The molecular formula is C15H16F3N5O. The maximum Gasteiger partial charge on any atom is 0.435 e. The van der Waals surface area contributed by atoms with E-state index in [1.807, 2.05) is 0 Å². The first-order chi connectivity index (χ1) is 11.4. The highest BCUT2D eigenvalue weighted by atomic mass is 19.4. The SMILES string of the molecule is O=C(Cn1nc(C(F)(F)F)c2c1CCC2)Nc1[nH]ncc1C1CC1. The number of alkyl halides is 3. The molecule has 1 saturated carbocycles. The molecule has 0 saturated heterocycles. The number of amides is 1. The number of nitrogens with one attached hydrogen (secondary N) is 2. The van der Waals surface area contributed by atoms with E-state index in [9.17, 15) is 18.0 Å². The topological polar surface area (TPSA) is 75.6 Å². The molecule has 0 aliphatic heterocycles. The van der Waals surface area contributed by atoms with E-state index in [4.69, 9.17) is 0 Å². The molecule has 9 heteroatoms. The molecular weight excluding hydrogens is 323 g/mol. The van der Waals surface area contributed by atoms with E-state index in [0.717, 1.165) is 18.4 Å². The summed E-state index contributed by atoms with van der Waals surface area (Å²) in [4.78, 5) is 12.2. The van der Waals surface area contributed by atoms with Crippen molar-refractivity contribution in [2.75, 3.05) is 5.32 Å². The fourth-order valence-electron chi connectivity index (χ4n) is 3.28. The van der Waals surface area contributed by atoms with Crippen molar-refractivity contribution in [2.45, 2.75) is 50.7 Å². The van der Waals surface area contributed by atoms with Crippen molar-refractivity contribution in [3.63, 3.8) is 0 Å². The lowest BCUT2D eigenvalue weighted by Crippen LogP contribution is -2.22. The first kappa shape index (κ1) is 15.2. The number of fused-ring (bicyclic) bond motifs is 1. The average Bonchev–Trinajstić information content (AvgIpc) is 2.93. The van der Waals surface area contributed by atoms with Crippen molar-refractivity contribution in [2.24, 2.45) is 0 Å². The van der Waals surface area contributed by atoms with Gasteiger partial charge in [0.05, 0.1) is 6.20 Å². The molecule has 1 fully saturated rings. The quantitative estimate of drug-likeness (QED) is 0.899. The molecule has 2 aromatic heterocycles. The summed E-state index contributed by atoms with van der Waals surface area (Å²) in [6.07, 6.45) is 0.846. The number of aromatic nitrogens is 4. The van der Waals surface area contributed by atoms with Crippen molar-refractivity contribution >= 4 is 11.7 Å². The van der Waals surface area contributed by atoms with Crippen LogP contribution >= 0.6 is 0 Å². The van der Waals surface area contributed by atoms with Gasteiger partial charge in [-0.05, 0) is 38.0 Å². The highest BCUT2D eigenvalue weighted by Crippen LogP contribution is 2.42. The normalized spacial score (nSPS) is 17.1. The number of carbonyl (C=O) groups is 1. The molecule has 0 bridgehead atoms. The zero-order valence-corrected chi connectivity index (χ0v) is 12.8. The molecule has 0 atom stereocenters. The van der Waals surface area contributed by atoms with Gasteiger partial charge in [0, 0.05) is 16.8 Å². The number of rotatable bonds is 4. The van der Waals surface area contributed by atoms with Crippen LogP contribution in [0.2, 0.25) is 0 Å². The Morgan fingerprint density at radius 3 is 2.88 bits per heavy atom. The van der Waals surface area contributed by atoms with Crippen LogP contribution in [0.15, 0.2) is 6.20 Å². The maximum atomic E-state index is 13.1. The second-order valence-corrected chi connectivity index (χ2v) is 6.31. The molecule has 2 aliphatic carbocycles. The molecule has 128 valence electrons. The van der Waals surface area contributed by atoms with Gasteiger partial charge in [0.1, 0.15) is 12.4 Å². The Morgan fingerprint density at radius 2 is 2.17 bits per heavy atom. The molecule has 2 heterocycles. The highest BCUT2D eigenvalue weighted by molar-refractivity contribution is 5.90. The Balaban J connectivity index is 1.53. The molecule has 1 amide bonds. The Bertz CT molecular complexity index is 788. The summed E-state index contributed by atoms with van der Waals surface area (Å²) in [7, 11) is 0. The summed E-state index contributed by atoms with van der Waals surface area (Å²) in [5.74, 6) is 0.527. The standard InChI is InChI=1S/C15H16F3N5O/c16-15(17,18)13-9-2-1-3-11(9)23(22-13)7-12(24)20-14-10(6-19-21-14)8-4-5-8/h6,8H,1-5,7H2,(H2,19,20,21,24). The van der Waals surface area contributed by atoms with Crippen LogP contribution in [0.5, 0.6) is 0 Å². The number of nitrogens with zero attached hydrogens (tertiary/aromatic N) is 3. The van der Waals surface area contributed by atoms with Gasteiger partial charge in [-0.2, -0.15) is 23.4 Å². The molecule has 6 nitrogen and oxygen atoms in total. The summed E-state index contributed by atoms with van der Waals surface area (Å²) in [5.41, 5.74) is 0.841. The second-order valence-electron chi connectivity index (χ2n) is 6.31. The summed E-state index contributed by atoms with van der Waals surface area (Å²) >= 11 is 0. The lowest BCUT2D eigenvalue weighted by Gasteiger charge is -2.08. The number of carbonyl (C=O) groups excluding carboxylic acids is 1. The molecule has 24 heavy (non-hydrogen) atoms. The van der Waals surface area contributed by atoms with E-state index in [2.05, 4.69) is 20.6 Å². The first-order valence-electron chi connectivity index (χ1n) is 7.92. The zero-order chi connectivity index (χ0) is 16.9.